The van der Waals surface area contributed by atoms with E-state index in [1.165, 1.54) is 6.92 Å². The molecule has 0 bridgehead atoms. The lowest BCUT2D eigenvalue weighted by molar-refractivity contribution is -0.158. The highest BCUT2D eigenvalue weighted by molar-refractivity contribution is 5.94. The number of carboxylic acid groups (broad SMARTS) is 1. The van der Waals surface area contributed by atoms with Crippen molar-refractivity contribution in [3.8, 4) is 0 Å². The smallest absolute Gasteiger partial charge is 0.314 e. The van der Waals surface area contributed by atoms with E-state index in [2.05, 4.69) is 0 Å². The Hall–Kier alpha value is -1.88. The number of nitrogens with zero attached hydrogens (tertiary/aromatic N) is 1. The third-order valence-electron chi connectivity index (χ3n) is 4.88. The van der Waals surface area contributed by atoms with Gasteiger partial charge in [-0.15, -0.1) is 0 Å². The van der Waals surface area contributed by atoms with Crippen LogP contribution in [0.4, 0.5) is 0 Å². The van der Waals surface area contributed by atoms with Gasteiger partial charge in [0, 0.05) is 0 Å². The maximum Gasteiger partial charge on any atom is 0.314 e. The summed E-state index contributed by atoms with van der Waals surface area (Å²) in [5, 5.41) is 20.1. The molecule has 2 unspecified atom stereocenters. The number of hydrogen-bond donors (Lipinski definition) is 2. The molecule has 1 aromatic carbocycles. The van der Waals surface area contributed by atoms with E-state index < -0.39 is 34.9 Å². The Morgan fingerprint density at radius 1 is 1.26 bits per heavy atom. The van der Waals surface area contributed by atoms with E-state index in [4.69, 9.17) is 0 Å². The van der Waals surface area contributed by atoms with Gasteiger partial charge >= 0.3 is 5.97 Å². The summed E-state index contributed by atoms with van der Waals surface area (Å²) in [6, 6.07) is 8.52. The minimum atomic E-state index is -1.55. The first kappa shape index (κ1) is 17.5. The molecule has 0 aliphatic carbocycles. The van der Waals surface area contributed by atoms with Crippen molar-refractivity contribution < 1.29 is 19.8 Å². The van der Waals surface area contributed by atoms with Crippen molar-refractivity contribution in [2.24, 2.45) is 10.8 Å². The monoisotopic (exact) mass is 319 g/mol. The van der Waals surface area contributed by atoms with Crippen molar-refractivity contribution in [3.63, 3.8) is 0 Å². The first-order valence-electron chi connectivity index (χ1n) is 7.81. The number of aliphatic hydroxyl groups is 1. The van der Waals surface area contributed by atoms with E-state index in [0.717, 1.165) is 5.56 Å². The van der Waals surface area contributed by atoms with Gasteiger partial charge < -0.3 is 15.1 Å². The summed E-state index contributed by atoms with van der Waals surface area (Å²) in [4.78, 5) is 26.2. The van der Waals surface area contributed by atoms with Gasteiger partial charge in [-0.25, -0.2) is 0 Å². The molecule has 1 heterocycles. The van der Waals surface area contributed by atoms with Crippen LogP contribution in [0.15, 0.2) is 30.3 Å². The number of rotatable bonds is 3. The number of carbonyl (C=O) groups is 2. The molecule has 5 nitrogen and oxygen atoms in total. The third kappa shape index (κ3) is 2.63. The molecule has 126 valence electrons. The van der Waals surface area contributed by atoms with Crippen LogP contribution in [0.25, 0.3) is 0 Å². The number of benzene rings is 1. The number of carboxylic acids is 1. The molecule has 0 aromatic heterocycles. The van der Waals surface area contributed by atoms with Crippen LogP contribution in [0.3, 0.4) is 0 Å². The highest BCUT2D eigenvalue weighted by Crippen LogP contribution is 2.49. The van der Waals surface area contributed by atoms with Gasteiger partial charge in [-0.05, 0) is 24.8 Å². The van der Waals surface area contributed by atoms with Gasteiger partial charge in [0.05, 0.1) is 12.1 Å². The van der Waals surface area contributed by atoms with Crippen molar-refractivity contribution in [1.29, 1.82) is 0 Å². The lowest BCUT2D eigenvalue weighted by Crippen LogP contribution is -2.53. The van der Waals surface area contributed by atoms with Crippen molar-refractivity contribution in [1.82, 2.24) is 4.90 Å². The summed E-state index contributed by atoms with van der Waals surface area (Å²) < 4.78 is 0. The fourth-order valence-electron chi connectivity index (χ4n) is 3.82. The van der Waals surface area contributed by atoms with E-state index in [-0.39, 0.29) is 6.04 Å². The number of carbonyl (C=O) groups excluding carboxylic acids is 1. The zero-order chi connectivity index (χ0) is 17.6. The lowest BCUT2D eigenvalue weighted by atomic mass is 9.69. The van der Waals surface area contributed by atoms with Gasteiger partial charge in [0.2, 0.25) is 0 Å². The van der Waals surface area contributed by atoms with Gasteiger partial charge in [-0.1, -0.05) is 51.1 Å². The molecule has 1 amide bonds. The van der Waals surface area contributed by atoms with Gasteiger partial charge in [-0.3, -0.25) is 9.59 Å². The van der Waals surface area contributed by atoms with E-state index in [1.54, 1.807) is 4.90 Å². The Kier molecular flexibility index (Phi) is 4.28. The molecule has 0 radical (unpaired) electrons. The summed E-state index contributed by atoms with van der Waals surface area (Å²) in [5.74, 6) is -1.67. The Morgan fingerprint density at radius 2 is 1.78 bits per heavy atom. The van der Waals surface area contributed by atoms with E-state index in [0.29, 0.717) is 0 Å². The molecule has 1 aliphatic rings. The summed E-state index contributed by atoms with van der Waals surface area (Å²) in [5.41, 5.74) is -1.13. The average molecular weight is 319 g/mol. The average Bonchev–Trinajstić information content (AvgIpc) is 2.69. The molecule has 4 atom stereocenters. The van der Waals surface area contributed by atoms with Gasteiger partial charge in [0.15, 0.2) is 6.10 Å². The predicted octanol–water partition coefficient (Wildman–Crippen LogP) is 2.46. The topological polar surface area (TPSA) is 77.8 Å². The summed E-state index contributed by atoms with van der Waals surface area (Å²) in [6.07, 6.45) is -1.55. The Labute approximate surface area is 136 Å². The maximum atomic E-state index is 12.7. The molecule has 1 aliphatic heterocycles. The molecular weight excluding hydrogens is 294 g/mol. The molecular formula is C18H25NO4. The molecule has 23 heavy (non-hydrogen) atoms. The van der Waals surface area contributed by atoms with Crippen LogP contribution < -0.4 is 0 Å². The van der Waals surface area contributed by atoms with Crippen molar-refractivity contribution in [2.45, 2.75) is 52.8 Å². The molecule has 1 fully saturated rings. The Bertz CT molecular complexity index is 607. The van der Waals surface area contributed by atoms with Crippen LogP contribution in [0, 0.1) is 10.8 Å². The first-order valence-corrected chi connectivity index (χ1v) is 7.81. The quantitative estimate of drug-likeness (QED) is 0.897. The molecule has 2 rings (SSSR count). The maximum absolute atomic E-state index is 12.7. The zero-order valence-electron chi connectivity index (χ0n) is 14.3. The zero-order valence-corrected chi connectivity index (χ0v) is 14.3. The second kappa shape index (κ2) is 5.64. The SMILES string of the molecule is C[C@H](c1ccccc1)N1C(=O)C(O)[C@](C)(C(=O)O)C1C(C)(C)C. The van der Waals surface area contributed by atoms with Crippen molar-refractivity contribution in [3.05, 3.63) is 35.9 Å². The fraction of sp³-hybridized carbons (Fsp3) is 0.556. The van der Waals surface area contributed by atoms with Gasteiger partial charge in [-0.2, -0.15) is 0 Å². The number of amides is 1. The molecule has 1 aromatic rings. The van der Waals surface area contributed by atoms with Crippen LogP contribution in [-0.4, -0.2) is 39.1 Å². The normalized spacial score (nSPS) is 29.7. The van der Waals surface area contributed by atoms with Crippen LogP contribution in [-0.2, 0) is 9.59 Å². The fourth-order valence-corrected chi connectivity index (χ4v) is 3.82. The molecule has 0 spiro atoms. The molecule has 0 saturated carbocycles. The Balaban J connectivity index is 2.57. The van der Waals surface area contributed by atoms with E-state index in [1.807, 2.05) is 58.0 Å². The largest absolute Gasteiger partial charge is 0.481 e. The highest BCUT2D eigenvalue weighted by Gasteiger charge is 2.64. The second-order valence-electron chi connectivity index (χ2n) is 7.59. The second-order valence-corrected chi connectivity index (χ2v) is 7.59. The van der Waals surface area contributed by atoms with E-state index in [9.17, 15) is 19.8 Å². The number of hydrogen-bond acceptors (Lipinski definition) is 3. The van der Waals surface area contributed by atoms with Crippen molar-refractivity contribution in [2.75, 3.05) is 0 Å². The van der Waals surface area contributed by atoms with Crippen molar-refractivity contribution >= 4 is 11.9 Å². The van der Waals surface area contributed by atoms with Gasteiger partial charge in [0.1, 0.15) is 5.41 Å². The highest BCUT2D eigenvalue weighted by atomic mass is 16.4. The van der Waals surface area contributed by atoms with E-state index >= 15 is 0 Å². The molecule has 1 saturated heterocycles. The predicted molar refractivity (Wildman–Crippen MR) is 86.7 cm³/mol. The standard InChI is InChI=1S/C18H25NO4/c1-11(12-9-7-6-8-10-12)19-14(21)13(20)18(5,16(22)23)15(19)17(2,3)4/h6-11,13,15,20H,1-5H3,(H,22,23)/t11-,13?,15?,18+/m1/s1. The summed E-state index contributed by atoms with van der Waals surface area (Å²) in [7, 11) is 0. The first-order chi connectivity index (χ1) is 10.5. The third-order valence-corrected chi connectivity index (χ3v) is 4.88. The Morgan fingerprint density at radius 3 is 2.22 bits per heavy atom. The lowest BCUT2D eigenvalue weighted by Gasteiger charge is -2.43. The molecule has 5 heteroatoms. The van der Waals surface area contributed by atoms with Crippen LogP contribution in [0.2, 0.25) is 0 Å². The number of likely N-dealkylation sites (tertiary alicyclic amines) is 1. The minimum absolute atomic E-state index is 0.316. The minimum Gasteiger partial charge on any atom is -0.481 e. The van der Waals surface area contributed by atoms with Crippen LogP contribution >= 0.6 is 0 Å². The summed E-state index contributed by atoms with van der Waals surface area (Å²) in [6.45, 7) is 9.02. The van der Waals surface area contributed by atoms with Gasteiger partial charge in [0.25, 0.3) is 5.91 Å². The van der Waals surface area contributed by atoms with Crippen LogP contribution in [0.1, 0.15) is 46.2 Å². The number of aliphatic carboxylic acids is 1. The number of aliphatic hydroxyl groups excluding tert-OH is 1. The summed E-state index contributed by atoms with van der Waals surface area (Å²) >= 11 is 0. The van der Waals surface area contributed by atoms with Crippen LogP contribution in [0.5, 0.6) is 0 Å². The molecule has 2 N–H and O–H groups in total.